The highest BCUT2D eigenvalue weighted by molar-refractivity contribution is 6.32. The lowest BCUT2D eigenvalue weighted by molar-refractivity contribution is -0.384. The molecule has 1 aromatic carbocycles. The molecule has 1 aliphatic carbocycles. The molecule has 1 aromatic rings. The first kappa shape index (κ1) is 13.3. The Morgan fingerprint density at radius 2 is 2.22 bits per heavy atom. The van der Waals surface area contributed by atoms with Gasteiger partial charge in [0.1, 0.15) is 5.02 Å². The fraction of sp³-hybridized carbons (Fsp3) is 0.538. The first-order valence-electron chi connectivity index (χ1n) is 6.08. The van der Waals surface area contributed by atoms with Gasteiger partial charge >= 0.3 is 0 Å². The van der Waals surface area contributed by atoms with E-state index in [2.05, 4.69) is 11.8 Å². The van der Waals surface area contributed by atoms with Crippen molar-refractivity contribution in [3.63, 3.8) is 0 Å². The minimum Gasteiger partial charge on any atom is -0.302 e. The topological polar surface area (TPSA) is 46.4 Å². The van der Waals surface area contributed by atoms with Gasteiger partial charge in [0.15, 0.2) is 0 Å². The van der Waals surface area contributed by atoms with Gasteiger partial charge in [-0.15, -0.1) is 0 Å². The van der Waals surface area contributed by atoms with Crippen LogP contribution in [0.25, 0.3) is 0 Å². The van der Waals surface area contributed by atoms with Gasteiger partial charge in [0, 0.05) is 19.2 Å². The molecule has 18 heavy (non-hydrogen) atoms. The van der Waals surface area contributed by atoms with Gasteiger partial charge in [-0.25, -0.2) is 0 Å². The number of hydrogen-bond donors (Lipinski definition) is 0. The summed E-state index contributed by atoms with van der Waals surface area (Å²) in [4.78, 5) is 12.6. The van der Waals surface area contributed by atoms with Crippen molar-refractivity contribution in [2.24, 2.45) is 11.8 Å². The Labute approximate surface area is 112 Å². The molecule has 0 bridgehead atoms. The van der Waals surface area contributed by atoms with E-state index in [9.17, 15) is 10.1 Å². The van der Waals surface area contributed by atoms with Crippen LogP contribution < -0.4 is 0 Å². The average molecular weight is 269 g/mol. The summed E-state index contributed by atoms with van der Waals surface area (Å²) >= 11 is 5.79. The van der Waals surface area contributed by atoms with Crippen LogP contribution in [0.5, 0.6) is 0 Å². The molecule has 98 valence electrons. The highest BCUT2D eigenvalue weighted by Crippen LogP contribution is 2.38. The molecule has 4 nitrogen and oxygen atoms in total. The molecule has 2 atom stereocenters. The highest BCUT2D eigenvalue weighted by Gasteiger charge is 2.33. The smallest absolute Gasteiger partial charge is 0.288 e. The number of nitrogens with zero attached hydrogens (tertiary/aromatic N) is 2. The van der Waals surface area contributed by atoms with Gasteiger partial charge in [-0.05, 0) is 36.9 Å². The molecule has 1 aliphatic rings. The van der Waals surface area contributed by atoms with Crippen LogP contribution in [-0.2, 0) is 6.54 Å². The number of nitro groups is 1. The third-order valence-corrected chi connectivity index (χ3v) is 3.80. The van der Waals surface area contributed by atoms with E-state index in [-0.39, 0.29) is 10.7 Å². The molecule has 5 heteroatoms. The molecule has 0 aromatic heterocycles. The zero-order valence-corrected chi connectivity index (χ0v) is 11.4. The quantitative estimate of drug-likeness (QED) is 0.608. The Balaban J connectivity index is 2.00. The number of rotatable bonds is 5. The summed E-state index contributed by atoms with van der Waals surface area (Å²) in [7, 11) is 2.05. The summed E-state index contributed by atoms with van der Waals surface area (Å²) in [5.41, 5.74) is 0.921. The van der Waals surface area contributed by atoms with Crippen LogP contribution in [0.15, 0.2) is 18.2 Å². The molecule has 0 heterocycles. The van der Waals surface area contributed by atoms with E-state index >= 15 is 0 Å². The molecular weight excluding hydrogens is 252 g/mol. The molecule has 2 unspecified atom stereocenters. The maximum atomic E-state index is 10.8. The van der Waals surface area contributed by atoms with Gasteiger partial charge in [-0.2, -0.15) is 0 Å². The van der Waals surface area contributed by atoms with E-state index in [4.69, 9.17) is 11.6 Å². The van der Waals surface area contributed by atoms with Gasteiger partial charge < -0.3 is 4.90 Å². The van der Waals surface area contributed by atoms with Crippen molar-refractivity contribution in [3.8, 4) is 0 Å². The van der Waals surface area contributed by atoms with Crippen molar-refractivity contribution in [2.45, 2.75) is 19.9 Å². The Kier molecular flexibility index (Phi) is 3.88. The zero-order chi connectivity index (χ0) is 13.3. The van der Waals surface area contributed by atoms with Gasteiger partial charge in [0.2, 0.25) is 0 Å². The zero-order valence-electron chi connectivity index (χ0n) is 10.6. The standard InChI is InChI=1S/C13H17ClN2O2/c1-9-5-11(9)8-15(2)7-10-3-4-12(14)13(6-10)16(17)18/h3-4,6,9,11H,5,7-8H2,1-2H3. The maximum absolute atomic E-state index is 10.8. The molecule has 0 aliphatic heterocycles. The van der Waals surface area contributed by atoms with Gasteiger partial charge in [0.05, 0.1) is 4.92 Å². The fourth-order valence-corrected chi connectivity index (χ4v) is 2.41. The lowest BCUT2D eigenvalue weighted by Crippen LogP contribution is -2.20. The van der Waals surface area contributed by atoms with Crippen LogP contribution in [0.2, 0.25) is 5.02 Å². The van der Waals surface area contributed by atoms with Crippen LogP contribution in [0.4, 0.5) is 5.69 Å². The van der Waals surface area contributed by atoms with Crippen LogP contribution in [0, 0.1) is 22.0 Å². The number of halogens is 1. The molecular formula is C13H17ClN2O2. The van der Waals surface area contributed by atoms with Gasteiger partial charge in [-0.1, -0.05) is 24.6 Å². The Hall–Kier alpha value is -1.13. The van der Waals surface area contributed by atoms with Crippen molar-refractivity contribution in [1.29, 1.82) is 0 Å². The summed E-state index contributed by atoms with van der Waals surface area (Å²) in [6.45, 7) is 4.03. The van der Waals surface area contributed by atoms with Crippen LogP contribution >= 0.6 is 11.6 Å². The lowest BCUT2D eigenvalue weighted by Gasteiger charge is -2.16. The van der Waals surface area contributed by atoms with Crippen molar-refractivity contribution in [3.05, 3.63) is 38.9 Å². The molecule has 1 saturated carbocycles. The van der Waals surface area contributed by atoms with E-state index in [1.165, 1.54) is 6.42 Å². The van der Waals surface area contributed by atoms with Crippen molar-refractivity contribution in [1.82, 2.24) is 4.90 Å². The van der Waals surface area contributed by atoms with Crippen molar-refractivity contribution >= 4 is 17.3 Å². The maximum Gasteiger partial charge on any atom is 0.288 e. The van der Waals surface area contributed by atoms with Crippen molar-refractivity contribution in [2.75, 3.05) is 13.6 Å². The molecule has 2 rings (SSSR count). The van der Waals surface area contributed by atoms with Crippen LogP contribution in [0.1, 0.15) is 18.9 Å². The Bertz CT molecular complexity index is 464. The van der Waals surface area contributed by atoms with Crippen LogP contribution in [0.3, 0.4) is 0 Å². The largest absolute Gasteiger partial charge is 0.302 e. The normalized spacial score (nSPS) is 22.2. The summed E-state index contributed by atoms with van der Waals surface area (Å²) in [5, 5.41) is 11.0. The number of hydrogen-bond acceptors (Lipinski definition) is 3. The van der Waals surface area contributed by atoms with E-state index < -0.39 is 4.92 Å². The van der Waals surface area contributed by atoms with Gasteiger partial charge in [0.25, 0.3) is 5.69 Å². The first-order valence-corrected chi connectivity index (χ1v) is 6.46. The third-order valence-electron chi connectivity index (χ3n) is 3.48. The lowest BCUT2D eigenvalue weighted by atomic mass is 10.2. The highest BCUT2D eigenvalue weighted by atomic mass is 35.5. The Morgan fingerprint density at radius 1 is 1.56 bits per heavy atom. The predicted octanol–water partition coefficient (Wildman–Crippen LogP) is 3.34. The molecule has 0 N–H and O–H groups in total. The minimum atomic E-state index is -0.436. The van der Waals surface area contributed by atoms with E-state index in [1.807, 2.05) is 13.1 Å². The predicted molar refractivity (Wildman–Crippen MR) is 71.7 cm³/mol. The monoisotopic (exact) mass is 268 g/mol. The summed E-state index contributed by atoms with van der Waals surface area (Å²) in [6, 6.07) is 5.01. The Morgan fingerprint density at radius 3 is 2.78 bits per heavy atom. The second-order valence-electron chi connectivity index (χ2n) is 5.21. The van der Waals surface area contributed by atoms with E-state index in [1.54, 1.807) is 12.1 Å². The van der Waals surface area contributed by atoms with Crippen molar-refractivity contribution < 1.29 is 4.92 Å². The summed E-state index contributed by atoms with van der Waals surface area (Å²) in [5.74, 6) is 1.62. The second kappa shape index (κ2) is 5.24. The third kappa shape index (κ3) is 3.21. The molecule has 0 amide bonds. The second-order valence-corrected chi connectivity index (χ2v) is 5.62. The minimum absolute atomic E-state index is 0.0117. The van der Waals surface area contributed by atoms with E-state index in [0.29, 0.717) is 0 Å². The number of nitro benzene ring substituents is 1. The average Bonchev–Trinajstić information content (AvgIpc) is 2.96. The number of benzene rings is 1. The molecule has 1 fully saturated rings. The summed E-state index contributed by atoms with van der Waals surface area (Å²) in [6.07, 6.45) is 1.30. The van der Waals surface area contributed by atoms with Crippen LogP contribution in [-0.4, -0.2) is 23.4 Å². The summed E-state index contributed by atoms with van der Waals surface area (Å²) < 4.78 is 0. The van der Waals surface area contributed by atoms with Gasteiger partial charge in [-0.3, -0.25) is 10.1 Å². The molecule has 0 saturated heterocycles. The SMILES string of the molecule is CC1CC1CN(C)Cc1ccc(Cl)c([N+](=O)[O-])c1. The first-order chi connectivity index (χ1) is 8.47. The fourth-order valence-electron chi connectivity index (χ4n) is 2.23. The molecule has 0 spiro atoms. The molecule has 0 radical (unpaired) electrons. The van der Waals surface area contributed by atoms with E-state index in [0.717, 1.165) is 30.5 Å².